The molecule has 118 valence electrons. The van der Waals surface area contributed by atoms with Gasteiger partial charge in [0.15, 0.2) is 11.5 Å². The molecular weight excluding hydrogens is 370 g/mol. The lowest BCUT2D eigenvalue weighted by Crippen LogP contribution is -2.23. The Hall–Kier alpha value is -1.73. The molecule has 2 rings (SSSR count). The van der Waals surface area contributed by atoms with Crippen LogP contribution in [0.5, 0.6) is 17.2 Å². The Kier molecular flexibility index (Phi) is 5.68. The SMILES string of the molecule is COc1ccc(C(=O)NCc2cc(Br)cs2)c(OC)c1OC. The van der Waals surface area contributed by atoms with Gasteiger partial charge in [0.1, 0.15) is 0 Å². The summed E-state index contributed by atoms with van der Waals surface area (Å²) in [6.45, 7) is 0.451. The van der Waals surface area contributed by atoms with E-state index in [2.05, 4.69) is 21.2 Å². The van der Waals surface area contributed by atoms with Crippen LogP contribution in [0.3, 0.4) is 0 Å². The van der Waals surface area contributed by atoms with Crippen molar-refractivity contribution in [3.05, 3.63) is 38.5 Å². The van der Waals surface area contributed by atoms with Crippen LogP contribution < -0.4 is 19.5 Å². The van der Waals surface area contributed by atoms with Crippen LogP contribution in [-0.2, 0) is 6.54 Å². The van der Waals surface area contributed by atoms with E-state index < -0.39 is 0 Å². The monoisotopic (exact) mass is 385 g/mol. The highest BCUT2D eigenvalue weighted by Crippen LogP contribution is 2.39. The number of methoxy groups -OCH3 is 3. The maximum Gasteiger partial charge on any atom is 0.255 e. The molecule has 5 nitrogen and oxygen atoms in total. The number of rotatable bonds is 6. The molecule has 1 amide bonds. The molecule has 0 radical (unpaired) electrons. The van der Waals surface area contributed by atoms with E-state index in [1.165, 1.54) is 21.3 Å². The first-order chi connectivity index (χ1) is 10.6. The van der Waals surface area contributed by atoms with E-state index >= 15 is 0 Å². The van der Waals surface area contributed by atoms with Crippen molar-refractivity contribution in [2.75, 3.05) is 21.3 Å². The van der Waals surface area contributed by atoms with Crippen molar-refractivity contribution in [3.63, 3.8) is 0 Å². The average Bonchev–Trinajstić information content (AvgIpc) is 2.96. The molecule has 1 heterocycles. The van der Waals surface area contributed by atoms with Gasteiger partial charge in [0.2, 0.25) is 5.75 Å². The number of nitrogens with one attached hydrogen (secondary N) is 1. The predicted octanol–water partition coefficient (Wildman–Crippen LogP) is 3.47. The van der Waals surface area contributed by atoms with Gasteiger partial charge in [-0.15, -0.1) is 11.3 Å². The third kappa shape index (κ3) is 3.53. The second-order valence-electron chi connectivity index (χ2n) is 4.30. The van der Waals surface area contributed by atoms with Gasteiger partial charge in [-0.3, -0.25) is 4.79 Å². The van der Waals surface area contributed by atoms with Crippen LogP contribution in [0.4, 0.5) is 0 Å². The third-order valence-corrected chi connectivity index (χ3v) is 4.69. The summed E-state index contributed by atoms with van der Waals surface area (Å²) >= 11 is 4.96. The summed E-state index contributed by atoms with van der Waals surface area (Å²) in [5.41, 5.74) is 0.399. The number of thiophene rings is 1. The highest BCUT2D eigenvalue weighted by molar-refractivity contribution is 9.10. The van der Waals surface area contributed by atoms with Gasteiger partial charge in [0, 0.05) is 14.7 Å². The molecule has 0 unspecified atom stereocenters. The van der Waals surface area contributed by atoms with Crippen molar-refractivity contribution < 1.29 is 19.0 Å². The largest absolute Gasteiger partial charge is 0.493 e. The summed E-state index contributed by atoms with van der Waals surface area (Å²) in [7, 11) is 4.53. The zero-order chi connectivity index (χ0) is 16.1. The molecule has 2 aromatic rings. The molecule has 1 N–H and O–H groups in total. The van der Waals surface area contributed by atoms with Crippen molar-refractivity contribution in [2.24, 2.45) is 0 Å². The minimum atomic E-state index is -0.234. The molecule has 22 heavy (non-hydrogen) atoms. The highest BCUT2D eigenvalue weighted by atomic mass is 79.9. The van der Waals surface area contributed by atoms with Gasteiger partial charge in [0.05, 0.1) is 33.4 Å². The first-order valence-electron chi connectivity index (χ1n) is 6.40. The second kappa shape index (κ2) is 7.51. The van der Waals surface area contributed by atoms with Crippen LogP contribution in [0.2, 0.25) is 0 Å². The molecule has 0 aliphatic heterocycles. The number of benzene rings is 1. The first-order valence-corrected chi connectivity index (χ1v) is 8.08. The van der Waals surface area contributed by atoms with Crippen LogP contribution in [0.1, 0.15) is 15.2 Å². The number of amides is 1. The number of ether oxygens (including phenoxy) is 3. The normalized spacial score (nSPS) is 10.2. The number of hydrogen-bond acceptors (Lipinski definition) is 5. The van der Waals surface area contributed by atoms with Crippen molar-refractivity contribution in [1.29, 1.82) is 0 Å². The number of carbonyl (C=O) groups is 1. The van der Waals surface area contributed by atoms with E-state index in [0.29, 0.717) is 29.4 Å². The molecular formula is C15H16BrNO4S. The van der Waals surface area contributed by atoms with E-state index in [1.54, 1.807) is 23.5 Å². The van der Waals surface area contributed by atoms with Gasteiger partial charge < -0.3 is 19.5 Å². The summed E-state index contributed by atoms with van der Waals surface area (Å²) in [5, 5.41) is 4.84. The first kappa shape index (κ1) is 16.6. The Bertz CT molecular complexity index is 672. The fourth-order valence-corrected chi connectivity index (χ4v) is 3.38. The van der Waals surface area contributed by atoms with Crippen LogP contribution in [0.15, 0.2) is 28.1 Å². The summed E-state index contributed by atoms with van der Waals surface area (Å²) in [4.78, 5) is 13.4. The van der Waals surface area contributed by atoms with Gasteiger partial charge >= 0.3 is 0 Å². The molecule has 7 heteroatoms. The summed E-state index contributed by atoms with van der Waals surface area (Å²) in [6.07, 6.45) is 0. The molecule has 1 aromatic heterocycles. The molecule has 0 saturated carbocycles. The zero-order valence-corrected chi connectivity index (χ0v) is 14.8. The van der Waals surface area contributed by atoms with Crippen molar-refractivity contribution >= 4 is 33.2 Å². The van der Waals surface area contributed by atoms with E-state index in [9.17, 15) is 4.79 Å². The minimum absolute atomic E-state index is 0.234. The van der Waals surface area contributed by atoms with E-state index in [-0.39, 0.29) is 5.91 Å². The fourth-order valence-electron chi connectivity index (χ4n) is 1.99. The molecule has 0 atom stereocenters. The van der Waals surface area contributed by atoms with Gasteiger partial charge in [-0.2, -0.15) is 0 Å². The lowest BCUT2D eigenvalue weighted by atomic mass is 10.1. The molecule has 0 spiro atoms. The van der Waals surface area contributed by atoms with Crippen LogP contribution in [0.25, 0.3) is 0 Å². The second-order valence-corrected chi connectivity index (χ2v) is 6.21. The Morgan fingerprint density at radius 2 is 1.91 bits per heavy atom. The molecule has 0 aliphatic carbocycles. The van der Waals surface area contributed by atoms with E-state index in [0.717, 1.165) is 9.35 Å². The van der Waals surface area contributed by atoms with Crippen LogP contribution >= 0.6 is 27.3 Å². The molecule has 0 bridgehead atoms. The van der Waals surface area contributed by atoms with E-state index in [1.807, 2.05) is 11.4 Å². The fraction of sp³-hybridized carbons (Fsp3) is 0.267. The lowest BCUT2D eigenvalue weighted by molar-refractivity contribution is 0.0947. The van der Waals surface area contributed by atoms with Gasteiger partial charge in [-0.1, -0.05) is 0 Å². The molecule has 0 fully saturated rings. The summed E-state index contributed by atoms with van der Waals surface area (Å²) < 4.78 is 16.8. The van der Waals surface area contributed by atoms with Gasteiger partial charge in [0.25, 0.3) is 5.91 Å². The Morgan fingerprint density at radius 3 is 2.45 bits per heavy atom. The van der Waals surface area contributed by atoms with Crippen molar-refractivity contribution in [1.82, 2.24) is 5.32 Å². The molecule has 1 aromatic carbocycles. The quantitative estimate of drug-likeness (QED) is 0.826. The summed E-state index contributed by atoms with van der Waals surface area (Å²) in [5.74, 6) is 1.03. The smallest absolute Gasteiger partial charge is 0.255 e. The van der Waals surface area contributed by atoms with Gasteiger partial charge in [-0.05, 0) is 34.1 Å². The topological polar surface area (TPSA) is 56.8 Å². The average molecular weight is 386 g/mol. The lowest BCUT2D eigenvalue weighted by Gasteiger charge is -2.15. The Balaban J connectivity index is 2.21. The molecule has 0 saturated heterocycles. The predicted molar refractivity (Wildman–Crippen MR) is 89.3 cm³/mol. The van der Waals surface area contributed by atoms with E-state index in [4.69, 9.17) is 14.2 Å². The standard InChI is InChI=1S/C15H16BrNO4S/c1-19-12-5-4-11(13(20-2)14(12)21-3)15(18)17-7-10-6-9(16)8-22-10/h4-6,8H,7H2,1-3H3,(H,17,18). The maximum atomic E-state index is 12.4. The number of carbonyl (C=O) groups excluding carboxylic acids is 1. The van der Waals surface area contributed by atoms with Crippen LogP contribution in [0, 0.1) is 0 Å². The zero-order valence-electron chi connectivity index (χ0n) is 12.4. The van der Waals surface area contributed by atoms with Crippen LogP contribution in [-0.4, -0.2) is 27.2 Å². The Morgan fingerprint density at radius 1 is 1.18 bits per heavy atom. The number of halogens is 1. The van der Waals surface area contributed by atoms with Crippen molar-refractivity contribution in [2.45, 2.75) is 6.54 Å². The number of hydrogen-bond donors (Lipinski definition) is 1. The Labute approximate surface area is 141 Å². The highest BCUT2D eigenvalue weighted by Gasteiger charge is 2.20. The minimum Gasteiger partial charge on any atom is -0.493 e. The summed E-state index contributed by atoms with van der Waals surface area (Å²) in [6, 6.07) is 5.30. The molecule has 0 aliphatic rings. The third-order valence-electron chi connectivity index (χ3n) is 2.99. The maximum absolute atomic E-state index is 12.4. The van der Waals surface area contributed by atoms with Gasteiger partial charge in [-0.25, -0.2) is 0 Å². The van der Waals surface area contributed by atoms with Crippen molar-refractivity contribution in [3.8, 4) is 17.2 Å².